The second kappa shape index (κ2) is 6.73. The van der Waals surface area contributed by atoms with Gasteiger partial charge in [-0.1, -0.05) is 60.1 Å². The minimum atomic E-state index is -0.161. The minimum absolute atomic E-state index is 0.0394. The maximum atomic E-state index is 12.9. The van der Waals surface area contributed by atoms with Gasteiger partial charge in [0.1, 0.15) is 5.78 Å². The minimum Gasteiger partial charge on any atom is -0.395 e. The topological polar surface area (TPSA) is 37.3 Å². The number of carbonyl (C=O) groups is 1. The van der Waals surface area contributed by atoms with E-state index in [1.165, 1.54) is 44.9 Å². The summed E-state index contributed by atoms with van der Waals surface area (Å²) in [5.74, 6) is 2.43. The molecule has 3 unspecified atom stereocenters. The first-order valence-electron chi connectivity index (χ1n) is 13.6. The van der Waals surface area contributed by atoms with Gasteiger partial charge in [-0.3, -0.25) is 4.79 Å². The van der Waals surface area contributed by atoms with Gasteiger partial charge in [-0.15, -0.1) is 0 Å². The van der Waals surface area contributed by atoms with E-state index in [4.69, 9.17) is 0 Å². The fraction of sp³-hybridized carbons (Fsp3) is 0.900. The standard InChI is InChI=1S/C30H48O2/c1-25(2)22-10-13-30(7)23(28(22,5)12-11-24(25)32)9-8-20-21-18-26(3,19-31)14-15-27(21,4)16-17-29(20,30)6/h18,20,22-23,31H,8-17,19H2,1-7H3/t20?,22?,23?,26-,27-,28+,29-,30-/m1/s1. The summed E-state index contributed by atoms with van der Waals surface area (Å²) in [6.45, 7) is 17.5. The number of allylic oxidation sites excluding steroid dienone is 1. The maximum absolute atomic E-state index is 12.9. The lowest BCUT2D eigenvalue weighted by molar-refractivity contribution is -0.211. The quantitative estimate of drug-likeness (QED) is 0.433. The Kier molecular flexibility index (Phi) is 4.87. The van der Waals surface area contributed by atoms with Gasteiger partial charge in [0, 0.05) is 17.3 Å². The lowest BCUT2D eigenvalue weighted by atomic mass is 9.32. The predicted octanol–water partition coefficient (Wildman–Crippen LogP) is 7.35. The first-order chi connectivity index (χ1) is 14.8. The summed E-state index contributed by atoms with van der Waals surface area (Å²) < 4.78 is 0. The second-order valence-corrected chi connectivity index (χ2v) is 14.7. The number of carbonyl (C=O) groups excluding carboxylic acids is 1. The summed E-state index contributed by atoms with van der Waals surface area (Å²) in [5.41, 5.74) is 2.80. The summed E-state index contributed by atoms with van der Waals surface area (Å²) >= 11 is 0. The largest absolute Gasteiger partial charge is 0.395 e. The summed E-state index contributed by atoms with van der Waals surface area (Å²) in [6.07, 6.45) is 14.6. The lowest BCUT2D eigenvalue weighted by Crippen LogP contribution is -2.65. The van der Waals surface area contributed by atoms with Gasteiger partial charge < -0.3 is 5.11 Å². The van der Waals surface area contributed by atoms with Crippen LogP contribution >= 0.6 is 0 Å². The zero-order valence-corrected chi connectivity index (χ0v) is 21.9. The molecule has 5 aliphatic rings. The molecule has 0 aromatic rings. The van der Waals surface area contributed by atoms with Crippen molar-refractivity contribution in [3.8, 4) is 0 Å². The van der Waals surface area contributed by atoms with Crippen molar-refractivity contribution in [2.24, 2.45) is 50.2 Å². The van der Waals surface area contributed by atoms with Crippen molar-refractivity contribution in [1.29, 1.82) is 0 Å². The van der Waals surface area contributed by atoms with Gasteiger partial charge in [0.25, 0.3) is 0 Å². The number of hydrogen-bond donors (Lipinski definition) is 1. The van der Waals surface area contributed by atoms with E-state index < -0.39 is 0 Å². The number of ketones is 1. The predicted molar refractivity (Wildman–Crippen MR) is 131 cm³/mol. The molecular weight excluding hydrogens is 392 g/mol. The van der Waals surface area contributed by atoms with E-state index in [0.717, 1.165) is 25.2 Å². The van der Waals surface area contributed by atoms with Crippen LogP contribution in [0.4, 0.5) is 0 Å². The van der Waals surface area contributed by atoms with Crippen molar-refractivity contribution in [2.75, 3.05) is 6.61 Å². The van der Waals surface area contributed by atoms with Gasteiger partial charge in [-0.25, -0.2) is 0 Å². The number of aliphatic hydroxyl groups excluding tert-OH is 1. The maximum Gasteiger partial charge on any atom is 0.138 e. The molecule has 32 heavy (non-hydrogen) atoms. The second-order valence-electron chi connectivity index (χ2n) is 14.7. The third-order valence-electron chi connectivity index (χ3n) is 13.0. The van der Waals surface area contributed by atoms with Gasteiger partial charge in [0.15, 0.2) is 0 Å². The molecule has 5 aliphatic carbocycles. The molecule has 0 aliphatic heterocycles. The van der Waals surface area contributed by atoms with Crippen LogP contribution in [0.5, 0.6) is 0 Å². The Labute approximate surface area is 197 Å². The molecule has 0 heterocycles. The Morgan fingerprint density at radius 2 is 1.50 bits per heavy atom. The van der Waals surface area contributed by atoms with Crippen LogP contribution in [-0.2, 0) is 4.79 Å². The normalized spacial score (nSPS) is 54.6. The molecule has 2 heteroatoms. The highest BCUT2D eigenvalue weighted by Crippen LogP contribution is 2.76. The SMILES string of the molecule is CC1(C)C(=O)CC[C@@]2(C)C1CC[C@]1(C)C2CCC2C3=C[C@](C)(CO)CC[C@]3(C)CC[C@]21C. The van der Waals surface area contributed by atoms with E-state index in [2.05, 4.69) is 54.5 Å². The van der Waals surface area contributed by atoms with Crippen molar-refractivity contribution in [2.45, 2.75) is 113 Å². The first kappa shape index (κ1) is 23.1. The van der Waals surface area contributed by atoms with Crippen LogP contribution in [-0.4, -0.2) is 17.5 Å². The molecule has 0 spiro atoms. The van der Waals surface area contributed by atoms with E-state index in [0.29, 0.717) is 39.3 Å². The van der Waals surface area contributed by atoms with Gasteiger partial charge >= 0.3 is 0 Å². The van der Waals surface area contributed by atoms with Crippen LogP contribution in [0.2, 0.25) is 0 Å². The average Bonchev–Trinajstić information content (AvgIpc) is 2.73. The Morgan fingerprint density at radius 1 is 0.812 bits per heavy atom. The van der Waals surface area contributed by atoms with Gasteiger partial charge in [-0.2, -0.15) is 0 Å². The number of fused-ring (bicyclic) bond motifs is 7. The van der Waals surface area contributed by atoms with Crippen molar-refractivity contribution >= 4 is 5.78 Å². The van der Waals surface area contributed by atoms with Crippen molar-refractivity contribution in [1.82, 2.24) is 0 Å². The zero-order valence-electron chi connectivity index (χ0n) is 21.9. The average molecular weight is 441 g/mol. The van der Waals surface area contributed by atoms with Crippen LogP contribution in [0.1, 0.15) is 113 Å². The monoisotopic (exact) mass is 440 g/mol. The third kappa shape index (κ3) is 2.71. The van der Waals surface area contributed by atoms with E-state index in [-0.39, 0.29) is 17.4 Å². The molecule has 4 fully saturated rings. The number of rotatable bonds is 1. The van der Waals surface area contributed by atoms with Crippen LogP contribution in [0.15, 0.2) is 11.6 Å². The van der Waals surface area contributed by atoms with Crippen molar-refractivity contribution < 1.29 is 9.90 Å². The molecule has 0 saturated heterocycles. The molecule has 0 aromatic heterocycles. The molecule has 0 bridgehead atoms. The van der Waals surface area contributed by atoms with Gasteiger partial charge in [0.05, 0.1) is 6.61 Å². The molecule has 0 amide bonds. The highest BCUT2D eigenvalue weighted by Gasteiger charge is 2.68. The van der Waals surface area contributed by atoms with Crippen LogP contribution in [0, 0.1) is 50.2 Å². The molecule has 5 rings (SSSR count). The lowest BCUT2D eigenvalue weighted by Gasteiger charge is -2.72. The fourth-order valence-electron chi connectivity index (χ4n) is 10.5. The van der Waals surface area contributed by atoms with E-state index in [9.17, 15) is 9.90 Å². The number of Topliss-reactive ketones (excluding diaryl/α,β-unsaturated/α-hetero) is 1. The fourth-order valence-corrected chi connectivity index (χ4v) is 10.5. The molecule has 8 atom stereocenters. The Balaban J connectivity index is 1.57. The molecule has 180 valence electrons. The third-order valence-corrected chi connectivity index (χ3v) is 13.0. The summed E-state index contributed by atoms with van der Waals surface area (Å²) in [5, 5.41) is 10.2. The van der Waals surface area contributed by atoms with Gasteiger partial charge in [0.2, 0.25) is 0 Å². The number of aliphatic hydroxyl groups is 1. The van der Waals surface area contributed by atoms with Crippen molar-refractivity contribution in [3.63, 3.8) is 0 Å². The molecule has 4 saturated carbocycles. The highest BCUT2D eigenvalue weighted by atomic mass is 16.3. The van der Waals surface area contributed by atoms with E-state index in [1.807, 2.05) is 0 Å². The molecule has 1 N–H and O–H groups in total. The molecule has 2 nitrogen and oxygen atoms in total. The van der Waals surface area contributed by atoms with E-state index in [1.54, 1.807) is 5.57 Å². The van der Waals surface area contributed by atoms with E-state index >= 15 is 0 Å². The highest BCUT2D eigenvalue weighted by molar-refractivity contribution is 5.85. The summed E-state index contributed by atoms with van der Waals surface area (Å²) in [7, 11) is 0. The Bertz CT molecular complexity index is 855. The molecule has 0 radical (unpaired) electrons. The molecule has 0 aromatic carbocycles. The summed E-state index contributed by atoms with van der Waals surface area (Å²) in [6, 6.07) is 0. The smallest absolute Gasteiger partial charge is 0.138 e. The van der Waals surface area contributed by atoms with Crippen LogP contribution in [0.25, 0.3) is 0 Å². The first-order valence-corrected chi connectivity index (χ1v) is 13.6. The van der Waals surface area contributed by atoms with Crippen LogP contribution in [0.3, 0.4) is 0 Å². The zero-order chi connectivity index (χ0) is 23.4. The Hall–Kier alpha value is -0.630. The Morgan fingerprint density at radius 3 is 2.19 bits per heavy atom. The molecular formula is C30H48O2. The summed E-state index contributed by atoms with van der Waals surface area (Å²) in [4.78, 5) is 12.9. The van der Waals surface area contributed by atoms with Gasteiger partial charge in [-0.05, 0) is 97.2 Å². The van der Waals surface area contributed by atoms with Crippen LogP contribution < -0.4 is 0 Å². The number of hydrogen-bond acceptors (Lipinski definition) is 2. The van der Waals surface area contributed by atoms with Crippen molar-refractivity contribution in [3.05, 3.63) is 11.6 Å².